The number of carbonyl (C=O) groups excluding carboxylic acids is 2. The summed E-state index contributed by atoms with van der Waals surface area (Å²) < 4.78 is 0. The SMILES string of the molecule is CCCNC(=O)NC(=O)CN1CCC(CN)CC1.Cl. The van der Waals surface area contributed by atoms with E-state index in [0.29, 0.717) is 12.5 Å². The predicted molar refractivity (Wildman–Crippen MR) is 77.3 cm³/mol. The van der Waals surface area contributed by atoms with Crippen molar-refractivity contribution in [2.45, 2.75) is 26.2 Å². The summed E-state index contributed by atoms with van der Waals surface area (Å²) in [5.74, 6) is 0.340. The molecule has 1 rings (SSSR count). The van der Waals surface area contributed by atoms with Crippen molar-refractivity contribution in [3.8, 4) is 0 Å². The maximum Gasteiger partial charge on any atom is 0.321 e. The molecule has 7 heteroatoms. The maximum absolute atomic E-state index is 11.6. The van der Waals surface area contributed by atoms with Gasteiger partial charge in [0.05, 0.1) is 6.54 Å². The summed E-state index contributed by atoms with van der Waals surface area (Å²) in [5, 5.41) is 4.94. The minimum Gasteiger partial charge on any atom is -0.338 e. The molecule has 0 aliphatic carbocycles. The van der Waals surface area contributed by atoms with Gasteiger partial charge in [0, 0.05) is 6.54 Å². The highest BCUT2D eigenvalue weighted by Crippen LogP contribution is 2.14. The van der Waals surface area contributed by atoms with Gasteiger partial charge in [-0.05, 0) is 44.8 Å². The van der Waals surface area contributed by atoms with Crippen molar-refractivity contribution >= 4 is 24.3 Å². The monoisotopic (exact) mass is 292 g/mol. The molecule has 19 heavy (non-hydrogen) atoms. The summed E-state index contributed by atoms with van der Waals surface area (Å²) in [6, 6.07) is -0.404. The molecule has 0 saturated carbocycles. The predicted octanol–water partition coefficient (Wildman–Crippen LogP) is 0.315. The summed E-state index contributed by atoms with van der Waals surface area (Å²) in [4.78, 5) is 24.9. The number of halogens is 1. The molecule has 0 unspecified atom stereocenters. The zero-order chi connectivity index (χ0) is 13.4. The van der Waals surface area contributed by atoms with Crippen LogP contribution in [-0.2, 0) is 4.79 Å². The molecule has 1 heterocycles. The second kappa shape index (κ2) is 10.00. The molecule has 0 atom stereocenters. The fourth-order valence-corrected chi connectivity index (χ4v) is 2.03. The van der Waals surface area contributed by atoms with Crippen molar-refractivity contribution in [3.05, 3.63) is 0 Å². The van der Waals surface area contributed by atoms with E-state index in [0.717, 1.165) is 38.9 Å². The summed E-state index contributed by atoms with van der Waals surface area (Å²) in [7, 11) is 0. The standard InChI is InChI=1S/C12H24N4O2.ClH/c1-2-5-14-12(18)15-11(17)9-16-6-3-10(8-13)4-7-16;/h10H,2-9,13H2,1H3,(H2,14,15,17,18);1H. The number of hydrogen-bond donors (Lipinski definition) is 3. The highest BCUT2D eigenvalue weighted by molar-refractivity contribution is 5.95. The molecule has 1 aliphatic rings. The van der Waals surface area contributed by atoms with Crippen molar-refractivity contribution in [2.75, 3.05) is 32.7 Å². The van der Waals surface area contributed by atoms with Crippen LogP contribution in [0.15, 0.2) is 0 Å². The van der Waals surface area contributed by atoms with E-state index in [9.17, 15) is 9.59 Å². The normalized spacial score (nSPS) is 16.5. The molecule has 6 nitrogen and oxygen atoms in total. The first kappa shape index (κ1) is 18.1. The van der Waals surface area contributed by atoms with Crippen molar-refractivity contribution < 1.29 is 9.59 Å². The van der Waals surface area contributed by atoms with Gasteiger partial charge in [-0.25, -0.2) is 4.79 Å². The molecule has 0 bridgehead atoms. The third-order valence-corrected chi connectivity index (χ3v) is 3.20. The summed E-state index contributed by atoms with van der Waals surface area (Å²) in [5.41, 5.74) is 5.61. The number of amides is 3. The first-order chi connectivity index (χ1) is 8.65. The molecule has 4 N–H and O–H groups in total. The van der Waals surface area contributed by atoms with Crippen LogP contribution in [0.4, 0.5) is 4.79 Å². The summed E-state index contributed by atoms with van der Waals surface area (Å²) >= 11 is 0. The molecule has 0 aromatic heterocycles. The molecule has 1 saturated heterocycles. The second-order valence-corrected chi connectivity index (χ2v) is 4.76. The van der Waals surface area contributed by atoms with Crippen molar-refractivity contribution in [1.82, 2.24) is 15.5 Å². The van der Waals surface area contributed by atoms with E-state index < -0.39 is 6.03 Å². The minimum absolute atomic E-state index is 0. The lowest BCUT2D eigenvalue weighted by molar-refractivity contribution is -0.121. The Hall–Kier alpha value is -0.850. The van der Waals surface area contributed by atoms with E-state index in [-0.39, 0.29) is 24.9 Å². The van der Waals surface area contributed by atoms with Gasteiger partial charge in [-0.15, -0.1) is 12.4 Å². The van der Waals surface area contributed by atoms with Crippen molar-refractivity contribution in [2.24, 2.45) is 11.7 Å². The Kier molecular flexibility index (Phi) is 9.55. The Morgan fingerprint density at radius 1 is 1.32 bits per heavy atom. The fraction of sp³-hybridized carbons (Fsp3) is 0.833. The number of hydrogen-bond acceptors (Lipinski definition) is 4. The number of likely N-dealkylation sites (tertiary alicyclic amines) is 1. The molecule has 1 fully saturated rings. The fourth-order valence-electron chi connectivity index (χ4n) is 2.03. The lowest BCUT2D eigenvalue weighted by Crippen LogP contribution is -2.46. The average Bonchev–Trinajstić information content (AvgIpc) is 2.37. The Morgan fingerprint density at radius 3 is 2.47 bits per heavy atom. The van der Waals surface area contributed by atoms with Crippen LogP contribution in [0.5, 0.6) is 0 Å². The van der Waals surface area contributed by atoms with E-state index in [1.165, 1.54) is 0 Å². The molecule has 0 spiro atoms. The van der Waals surface area contributed by atoms with Crippen LogP contribution in [-0.4, -0.2) is 49.6 Å². The second-order valence-electron chi connectivity index (χ2n) is 4.76. The van der Waals surface area contributed by atoms with Gasteiger partial charge in [0.2, 0.25) is 5.91 Å². The lowest BCUT2D eigenvalue weighted by atomic mass is 9.97. The molecule has 0 aromatic rings. The first-order valence-electron chi connectivity index (χ1n) is 6.65. The van der Waals surface area contributed by atoms with Gasteiger partial charge in [0.15, 0.2) is 0 Å². The number of urea groups is 1. The third-order valence-electron chi connectivity index (χ3n) is 3.20. The number of nitrogens with one attached hydrogen (secondary N) is 2. The quantitative estimate of drug-likeness (QED) is 0.681. The Balaban J connectivity index is 0.00000324. The van der Waals surface area contributed by atoms with Gasteiger partial charge in [-0.1, -0.05) is 6.92 Å². The topological polar surface area (TPSA) is 87.5 Å². The van der Waals surface area contributed by atoms with Gasteiger partial charge < -0.3 is 11.1 Å². The molecular formula is C12H25ClN4O2. The summed E-state index contributed by atoms with van der Waals surface area (Å²) in [6.45, 7) is 5.32. The molecule has 112 valence electrons. The van der Waals surface area contributed by atoms with E-state index in [2.05, 4.69) is 15.5 Å². The van der Waals surface area contributed by atoms with E-state index in [1.54, 1.807) is 0 Å². The Morgan fingerprint density at radius 2 is 1.95 bits per heavy atom. The van der Waals surface area contributed by atoms with Gasteiger partial charge in [-0.3, -0.25) is 15.0 Å². The van der Waals surface area contributed by atoms with E-state index >= 15 is 0 Å². The Bertz CT molecular complexity index is 281. The number of imide groups is 1. The highest BCUT2D eigenvalue weighted by atomic mass is 35.5. The number of rotatable bonds is 5. The number of piperidine rings is 1. The minimum atomic E-state index is -0.404. The Labute approximate surface area is 120 Å². The van der Waals surface area contributed by atoms with Crippen LogP contribution in [0.25, 0.3) is 0 Å². The lowest BCUT2D eigenvalue weighted by Gasteiger charge is -2.30. The van der Waals surface area contributed by atoms with Gasteiger partial charge in [0.25, 0.3) is 0 Å². The maximum atomic E-state index is 11.6. The van der Waals surface area contributed by atoms with Crippen LogP contribution >= 0.6 is 12.4 Å². The number of nitrogens with two attached hydrogens (primary N) is 1. The van der Waals surface area contributed by atoms with Crippen molar-refractivity contribution in [3.63, 3.8) is 0 Å². The molecule has 0 aromatic carbocycles. The highest BCUT2D eigenvalue weighted by Gasteiger charge is 2.20. The third kappa shape index (κ3) is 7.34. The first-order valence-corrected chi connectivity index (χ1v) is 6.65. The van der Waals surface area contributed by atoms with Crippen molar-refractivity contribution in [1.29, 1.82) is 0 Å². The number of carbonyl (C=O) groups is 2. The van der Waals surface area contributed by atoms with Crippen LogP contribution in [0.3, 0.4) is 0 Å². The molecule has 0 radical (unpaired) electrons. The van der Waals surface area contributed by atoms with Gasteiger partial charge in [-0.2, -0.15) is 0 Å². The largest absolute Gasteiger partial charge is 0.338 e. The zero-order valence-corrected chi connectivity index (χ0v) is 12.3. The molecule has 3 amide bonds. The van der Waals surface area contributed by atoms with Gasteiger partial charge in [0.1, 0.15) is 0 Å². The summed E-state index contributed by atoms with van der Waals surface area (Å²) in [6.07, 6.45) is 2.92. The number of nitrogens with zero attached hydrogens (tertiary/aromatic N) is 1. The average molecular weight is 293 g/mol. The van der Waals surface area contributed by atoms with Crippen LogP contribution in [0, 0.1) is 5.92 Å². The van der Waals surface area contributed by atoms with Crippen LogP contribution < -0.4 is 16.4 Å². The molecular weight excluding hydrogens is 268 g/mol. The van der Waals surface area contributed by atoms with Gasteiger partial charge >= 0.3 is 6.03 Å². The van der Waals surface area contributed by atoms with Crippen LogP contribution in [0.1, 0.15) is 26.2 Å². The van der Waals surface area contributed by atoms with E-state index in [4.69, 9.17) is 5.73 Å². The van der Waals surface area contributed by atoms with E-state index in [1.807, 2.05) is 6.92 Å². The zero-order valence-electron chi connectivity index (χ0n) is 11.5. The smallest absolute Gasteiger partial charge is 0.321 e. The van der Waals surface area contributed by atoms with Crippen LogP contribution in [0.2, 0.25) is 0 Å². The molecule has 1 aliphatic heterocycles.